The number of rotatable bonds is 5. The first-order valence-electron chi connectivity index (χ1n) is 10.4. The summed E-state index contributed by atoms with van der Waals surface area (Å²) in [7, 11) is 0. The summed E-state index contributed by atoms with van der Waals surface area (Å²) in [5.41, 5.74) is 1.26. The number of amides is 2. The number of thiophene rings is 1. The third-order valence-electron chi connectivity index (χ3n) is 5.67. The third-order valence-corrected chi connectivity index (χ3v) is 7.49. The van der Waals surface area contributed by atoms with Gasteiger partial charge in [0.1, 0.15) is 10.8 Å². The fourth-order valence-electron chi connectivity index (χ4n) is 4.03. The van der Waals surface area contributed by atoms with Crippen LogP contribution in [0.2, 0.25) is 0 Å². The fraction of sp³-hybridized carbons (Fsp3) is 0.455. The number of carbonyl (C=O) groups excluding carboxylic acids is 2. The van der Waals surface area contributed by atoms with Gasteiger partial charge in [-0.25, -0.2) is 4.39 Å². The summed E-state index contributed by atoms with van der Waals surface area (Å²) in [5, 5.41) is 12.9. The Balaban J connectivity index is 1.71. The van der Waals surface area contributed by atoms with Crippen molar-refractivity contribution in [2.24, 2.45) is 5.41 Å². The molecule has 1 aromatic heterocycles. The van der Waals surface area contributed by atoms with Gasteiger partial charge >= 0.3 is 0 Å². The molecule has 1 atom stereocenters. The van der Waals surface area contributed by atoms with E-state index in [1.54, 1.807) is 12.1 Å². The highest BCUT2D eigenvalue weighted by atomic mass is 127. The van der Waals surface area contributed by atoms with Crippen LogP contribution in [-0.2, 0) is 6.42 Å². The second kappa shape index (κ2) is 9.03. The van der Waals surface area contributed by atoms with Crippen LogP contribution in [0.25, 0.3) is 0 Å². The van der Waals surface area contributed by atoms with Gasteiger partial charge in [0.05, 0.1) is 16.1 Å². The number of hydrogen-bond donors (Lipinski definition) is 4. The van der Waals surface area contributed by atoms with Gasteiger partial charge in [-0.05, 0) is 77.6 Å². The Morgan fingerprint density at radius 1 is 1.39 bits per heavy atom. The Bertz CT molecular complexity index is 1020. The average Bonchev–Trinajstić information content (AvgIpc) is 3.32. The van der Waals surface area contributed by atoms with E-state index in [9.17, 15) is 14.0 Å². The van der Waals surface area contributed by atoms with Crippen LogP contribution in [0.4, 0.5) is 15.1 Å². The minimum Gasteiger partial charge on any atom is -0.351 e. The van der Waals surface area contributed by atoms with Gasteiger partial charge in [-0.2, -0.15) is 0 Å². The summed E-state index contributed by atoms with van der Waals surface area (Å²) in [6.07, 6.45) is 2.71. The molecule has 9 heteroatoms. The van der Waals surface area contributed by atoms with Gasteiger partial charge in [-0.1, -0.05) is 13.8 Å². The molecule has 0 bridgehead atoms. The number of anilines is 2. The molecule has 1 aromatic carbocycles. The Morgan fingerprint density at radius 2 is 2.19 bits per heavy atom. The first-order chi connectivity index (χ1) is 14.7. The summed E-state index contributed by atoms with van der Waals surface area (Å²) >= 11 is 3.26. The van der Waals surface area contributed by atoms with Crippen molar-refractivity contribution in [2.75, 3.05) is 25.0 Å². The van der Waals surface area contributed by atoms with Crippen molar-refractivity contribution >= 4 is 56.4 Å². The van der Waals surface area contributed by atoms with Crippen LogP contribution in [-0.4, -0.2) is 37.5 Å². The summed E-state index contributed by atoms with van der Waals surface area (Å²) < 4.78 is 15.3. The average molecular weight is 556 g/mol. The fourth-order valence-corrected chi connectivity index (χ4v) is 5.63. The lowest BCUT2D eigenvalue weighted by Gasteiger charge is -2.23. The van der Waals surface area contributed by atoms with Gasteiger partial charge in [0.15, 0.2) is 0 Å². The zero-order valence-electron chi connectivity index (χ0n) is 17.5. The predicted octanol–water partition coefficient (Wildman–Crippen LogP) is 4.03. The molecule has 0 aliphatic carbocycles. The van der Waals surface area contributed by atoms with Crippen molar-refractivity contribution < 1.29 is 14.0 Å². The predicted molar refractivity (Wildman–Crippen MR) is 130 cm³/mol. The molecule has 4 N–H and O–H groups in total. The minimum atomic E-state index is -0.401. The first kappa shape index (κ1) is 22.5. The molecule has 3 heterocycles. The lowest BCUT2D eigenvalue weighted by molar-refractivity contribution is 0.0944. The van der Waals surface area contributed by atoms with Gasteiger partial charge in [-0.15, -0.1) is 11.3 Å². The number of benzene rings is 1. The molecule has 2 aliphatic heterocycles. The third kappa shape index (κ3) is 5.04. The van der Waals surface area contributed by atoms with Crippen molar-refractivity contribution in [1.29, 1.82) is 0 Å². The van der Waals surface area contributed by atoms with Crippen LogP contribution in [0.5, 0.6) is 0 Å². The molecule has 4 rings (SSSR count). The second-order valence-electron chi connectivity index (χ2n) is 8.89. The van der Waals surface area contributed by atoms with E-state index in [2.05, 4.69) is 57.7 Å². The Labute approximate surface area is 198 Å². The topological polar surface area (TPSA) is 82.3 Å². The monoisotopic (exact) mass is 556 g/mol. The van der Waals surface area contributed by atoms with Gasteiger partial charge in [0.25, 0.3) is 11.8 Å². The number of carbonyl (C=O) groups is 2. The highest BCUT2D eigenvalue weighted by molar-refractivity contribution is 14.1. The highest BCUT2D eigenvalue weighted by Gasteiger charge is 2.34. The van der Waals surface area contributed by atoms with E-state index in [1.807, 2.05) is 0 Å². The normalized spacial score (nSPS) is 20.0. The van der Waals surface area contributed by atoms with E-state index in [0.29, 0.717) is 35.0 Å². The van der Waals surface area contributed by atoms with Crippen molar-refractivity contribution in [3.05, 3.63) is 43.6 Å². The molecule has 2 aliphatic rings. The molecule has 166 valence electrons. The lowest BCUT2D eigenvalue weighted by atomic mass is 9.85. The molecular weight excluding hydrogens is 530 g/mol. The van der Waals surface area contributed by atoms with Crippen LogP contribution in [0.15, 0.2) is 18.2 Å². The molecule has 0 radical (unpaired) electrons. The molecular formula is C22H26FIN4O2S. The van der Waals surface area contributed by atoms with E-state index < -0.39 is 5.82 Å². The minimum absolute atomic E-state index is 0.187. The number of hydrogen-bond acceptors (Lipinski definition) is 5. The maximum atomic E-state index is 14.5. The highest BCUT2D eigenvalue weighted by Crippen LogP contribution is 2.40. The number of fused-ring (bicyclic) bond motifs is 1. The Morgan fingerprint density at radius 3 is 2.90 bits per heavy atom. The summed E-state index contributed by atoms with van der Waals surface area (Å²) in [6, 6.07) is 5.14. The van der Waals surface area contributed by atoms with E-state index in [4.69, 9.17) is 0 Å². The molecule has 1 saturated heterocycles. The quantitative estimate of drug-likeness (QED) is 0.420. The number of halogens is 2. The van der Waals surface area contributed by atoms with Crippen LogP contribution in [0.3, 0.4) is 0 Å². The second-order valence-corrected chi connectivity index (χ2v) is 11.2. The van der Waals surface area contributed by atoms with Crippen LogP contribution in [0, 0.1) is 14.8 Å². The van der Waals surface area contributed by atoms with Gasteiger partial charge in [-0.3, -0.25) is 9.59 Å². The molecule has 2 aromatic rings. The maximum Gasteiger partial charge on any atom is 0.261 e. The van der Waals surface area contributed by atoms with Gasteiger partial charge in [0, 0.05) is 22.7 Å². The smallest absolute Gasteiger partial charge is 0.261 e. The van der Waals surface area contributed by atoms with Gasteiger partial charge in [0.2, 0.25) is 0 Å². The van der Waals surface area contributed by atoms with E-state index in [-0.39, 0.29) is 29.0 Å². The SMILES string of the molecule is CC1(C)CNC(=O)c2sc(Nc3ccc(I)cc3F)c(C(=O)NC[C@H]3CCCN3)c2C1. The van der Waals surface area contributed by atoms with Crippen LogP contribution >= 0.6 is 33.9 Å². The molecule has 0 saturated carbocycles. The van der Waals surface area contributed by atoms with Crippen molar-refractivity contribution in [3.63, 3.8) is 0 Å². The molecule has 1 fully saturated rings. The zero-order valence-corrected chi connectivity index (χ0v) is 20.5. The summed E-state index contributed by atoms with van der Waals surface area (Å²) in [6.45, 7) is 6.15. The standard InChI is InChI=1S/C22H26FIN4O2S/c1-22(2)9-14-17(19(29)26-10-13-4-3-7-25-13)21(31-18(14)20(30)27-11-22)28-16-6-5-12(24)8-15(16)23/h5-6,8,13,25,28H,3-4,7,9-11H2,1-2H3,(H,26,29)(H,27,30)/t13-/m1/s1. The van der Waals surface area contributed by atoms with Crippen molar-refractivity contribution in [1.82, 2.24) is 16.0 Å². The first-order valence-corrected chi connectivity index (χ1v) is 12.3. The largest absolute Gasteiger partial charge is 0.351 e. The summed E-state index contributed by atoms with van der Waals surface area (Å²) in [4.78, 5) is 26.6. The maximum absolute atomic E-state index is 14.5. The molecule has 6 nitrogen and oxygen atoms in total. The Hall–Kier alpha value is -1.72. The number of nitrogens with one attached hydrogen (secondary N) is 4. The van der Waals surface area contributed by atoms with Crippen molar-refractivity contribution in [2.45, 2.75) is 39.2 Å². The van der Waals surface area contributed by atoms with E-state index in [1.165, 1.54) is 17.4 Å². The molecule has 2 amide bonds. The molecule has 0 unspecified atom stereocenters. The van der Waals surface area contributed by atoms with E-state index in [0.717, 1.165) is 28.5 Å². The molecule has 0 spiro atoms. The lowest BCUT2D eigenvalue weighted by Crippen LogP contribution is -2.37. The van der Waals surface area contributed by atoms with E-state index >= 15 is 0 Å². The van der Waals surface area contributed by atoms with Crippen LogP contribution in [0.1, 0.15) is 52.3 Å². The molecule has 31 heavy (non-hydrogen) atoms. The van der Waals surface area contributed by atoms with Crippen LogP contribution < -0.4 is 21.3 Å². The van der Waals surface area contributed by atoms with Crippen molar-refractivity contribution in [3.8, 4) is 0 Å². The Kier molecular flexibility index (Phi) is 6.55. The summed E-state index contributed by atoms with van der Waals surface area (Å²) in [5.74, 6) is -0.819. The zero-order chi connectivity index (χ0) is 22.2. The van der Waals surface area contributed by atoms with Gasteiger partial charge < -0.3 is 21.3 Å².